The molecule has 59 heavy (non-hydrogen) atoms. The summed E-state index contributed by atoms with van der Waals surface area (Å²) in [6, 6.07) is 0. The van der Waals surface area contributed by atoms with Crippen LogP contribution in [0.2, 0.25) is 0 Å². The summed E-state index contributed by atoms with van der Waals surface area (Å²) in [6.07, 6.45) is 5.31. The molecule has 0 N–H and O–H groups in total. The number of ether oxygens (including phenoxy) is 16. The van der Waals surface area contributed by atoms with Gasteiger partial charge < -0.3 is 84.8 Å². The van der Waals surface area contributed by atoms with Gasteiger partial charge in [0.2, 0.25) is 0 Å². The van der Waals surface area contributed by atoms with E-state index in [-0.39, 0.29) is 12.8 Å². The first-order valence-electron chi connectivity index (χ1n) is 20.7. The topological polar surface area (TPSA) is 183 Å². The number of terminal acetylenes is 1. The van der Waals surface area contributed by atoms with Crippen LogP contribution < -0.4 is 0 Å². The summed E-state index contributed by atoms with van der Waals surface area (Å²) >= 11 is 0. The molecule has 0 aromatic heterocycles. The standard InChI is InChI=1S/C39H77O19P/c1-4-7-41-8-9-42-10-11-43-12-13-44-14-15-45-16-17-46-18-19-47-20-21-48-22-23-49-24-25-50-26-27-51-28-29-52-30-31-53-32-33-54-34-35-55-36-37-56-38-39-59(40,57-5-2)58-6-3/h1H,5-39H2,2-3H3. The van der Waals surface area contributed by atoms with E-state index in [9.17, 15) is 4.57 Å². The van der Waals surface area contributed by atoms with Gasteiger partial charge in [-0.3, -0.25) is 4.57 Å². The van der Waals surface area contributed by atoms with E-state index in [0.717, 1.165) is 0 Å². The van der Waals surface area contributed by atoms with E-state index in [1.165, 1.54) is 0 Å². The van der Waals surface area contributed by atoms with Crippen molar-refractivity contribution in [2.45, 2.75) is 13.8 Å². The van der Waals surface area contributed by atoms with Gasteiger partial charge in [-0.25, -0.2) is 0 Å². The molecular weight excluding hydrogens is 803 g/mol. The first kappa shape index (κ1) is 58.1. The molecule has 0 aromatic carbocycles. The van der Waals surface area contributed by atoms with Gasteiger partial charge in [0, 0.05) is 0 Å². The van der Waals surface area contributed by atoms with Crippen molar-refractivity contribution < 1.29 is 89.4 Å². The SMILES string of the molecule is C#CCOCCOCCOCCOCCOCCOCCOCCOCCOCCOCCOCCOCCOCCOCCOCCOCCP(=O)(OCC)OCC. The van der Waals surface area contributed by atoms with Crippen molar-refractivity contribution in [3.8, 4) is 12.3 Å². The van der Waals surface area contributed by atoms with Gasteiger partial charge in [-0.2, -0.15) is 0 Å². The lowest BCUT2D eigenvalue weighted by molar-refractivity contribution is -0.0302. The second-order valence-corrected chi connectivity index (χ2v) is 13.8. The lowest BCUT2D eigenvalue weighted by Gasteiger charge is -2.16. The lowest BCUT2D eigenvalue weighted by Crippen LogP contribution is -2.16. The fourth-order valence-electron chi connectivity index (χ4n) is 4.17. The Labute approximate surface area is 353 Å². The Bertz CT molecular complexity index is 878. The van der Waals surface area contributed by atoms with Crippen molar-refractivity contribution in [2.24, 2.45) is 0 Å². The van der Waals surface area contributed by atoms with Crippen molar-refractivity contribution in [3.05, 3.63) is 0 Å². The predicted octanol–water partition coefficient (Wildman–Crippen LogP) is 2.15. The van der Waals surface area contributed by atoms with Crippen LogP contribution in [0.4, 0.5) is 0 Å². The molecule has 0 atom stereocenters. The van der Waals surface area contributed by atoms with Crippen LogP contribution in [-0.4, -0.2) is 231 Å². The molecule has 0 aliphatic heterocycles. The van der Waals surface area contributed by atoms with Gasteiger partial charge in [0.05, 0.1) is 224 Å². The Morgan fingerprint density at radius 3 is 0.644 bits per heavy atom. The smallest absolute Gasteiger partial charge is 0.332 e. The van der Waals surface area contributed by atoms with E-state index < -0.39 is 7.60 Å². The summed E-state index contributed by atoms with van der Waals surface area (Å²) in [5, 5.41) is 0. The molecule has 0 unspecified atom stereocenters. The third kappa shape index (κ3) is 49.6. The van der Waals surface area contributed by atoms with Crippen LogP contribution in [0.1, 0.15) is 13.8 Å². The molecule has 0 amide bonds. The van der Waals surface area contributed by atoms with Crippen molar-refractivity contribution in [1.29, 1.82) is 0 Å². The number of hydrogen-bond acceptors (Lipinski definition) is 19. The second kappa shape index (κ2) is 51.4. The van der Waals surface area contributed by atoms with Crippen molar-refractivity contribution in [3.63, 3.8) is 0 Å². The second-order valence-electron chi connectivity index (χ2n) is 11.6. The van der Waals surface area contributed by atoms with E-state index in [1.54, 1.807) is 13.8 Å². The van der Waals surface area contributed by atoms with E-state index in [4.69, 9.17) is 91.3 Å². The third-order valence-electron chi connectivity index (χ3n) is 6.93. The maximum atomic E-state index is 12.3. The highest BCUT2D eigenvalue weighted by Crippen LogP contribution is 2.47. The normalized spacial score (nSPS) is 11.8. The van der Waals surface area contributed by atoms with E-state index >= 15 is 0 Å². The molecule has 0 spiro atoms. The van der Waals surface area contributed by atoms with Gasteiger partial charge in [0.25, 0.3) is 0 Å². The highest BCUT2D eigenvalue weighted by molar-refractivity contribution is 7.53. The summed E-state index contributed by atoms with van der Waals surface area (Å²) in [5.41, 5.74) is 0. The molecule has 0 fully saturated rings. The van der Waals surface area contributed by atoms with Crippen LogP contribution in [-0.2, 0) is 89.4 Å². The monoisotopic (exact) mass is 880 g/mol. The quantitative estimate of drug-likeness (QED) is 0.0492. The summed E-state index contributed by atoms with van der Waals surface area (Å²) < 4.78 is 110. The minimum absolute atomic E-state index is 0.225. The van der Waals surface area contributed by atoms with Crippen LogP contribution >= 0.6 is 7.60 Å². The van der Waals surface area contributed by atoms with Crippen LogP contribution in [0.3, 0.4) is 0 Å². The first-order chi connectivity index (χ1) is 29.2. The van der Waals surface area contributed by atoms with E-state index in [1.807, 2.05) is 0 Å². The molecular formula is C39H77O19P. The molecule has 0 rings (SSSR count). The van der Waals surface area contributed by atoms with E-state index in [0.29, 0.717) is 218 Å². The average Bonchev–Trinajstić information content (AvgIpc) is 3.23. The van der Waals surface area contributed by atoms with Gasteiger partial charge in [-0.15, -0.1) is 6.42 Å². The van der Waals surface area contributed by atoms with Gasteiger partial charge in [-0.05, 0) is 13.8 Å². The van der Waals surface area contributed by atoms with Crippen LogP contribution in [0.5, 0.6) is 0 Å². The zero-order valence-electron chi connectivity index (χ0n) is 36.0. The number of hydrogen-bond donors (Lipinski definition) is 0. The summed E-state index contributed by atoms with van der Waals surface area (Å²) in [6.45, 7) is 19.3. The van der Waals surface area contributed by atoms with Crippen molar-refractivity contribution in [2.75, 3.05) is 231 Å². The molecule has 0 aliphatic rings. The van der Waals surface area contributed by atoms with E-state index in [2.05, 4.69) is 5.92 Å². The Kier molecular flexibility index (Phi) is 50.6. The number of rotatable bonds is 53. The summed E-state index contributed by atoms with van der Waals surface area (Å²) in [5.74, 6) is 2.40. The fraction of sp³-hybridized carbons (Fsp3) is 0.949. The maximum Gasteiger partial charge on any atom is 0.332 e. The van der Waals surface area contributed by atoms with Crippen LogP contribution in [0, 0.1) is 12.3 Å². The van der Waals surface area contributed by atoms with Gasteiger partial charge in [0.15, 0.2) is 0 Å². The van der Waals surface area contributed by atoms with Gasteiger partial charge in [0.1, 0.15) is 6.61 Å². The largest absolute Gasteiger partial charge is 0.378 e. The summed E-state index contributed by atoms with van der Waals surface area (Å²) in [7, 11) is -3.06. The molecule has 352 valence electrons. The molecule has 0 saturated heterocycles. The Morgan fingerprint density at radius 2 is 0.475 bits per heavy atom. The molecule has 0 saturated carbocycles. The highest BCUT2D eigenvalue weighted by atomic mass is 31.2. The van der Waals surface area contributed by atoms with Gasteiger partial charge >= 0.3 is 7.60 Å². The molecule has 0 aromatic rings. The minimum atomic E-state index is -3.06. The lowest BCUT2D eigenvalue weighted by atomic mass is 10.6. The average molecular weight is 881 g/mol. The molecule has 20 heteroatoms. The van der Waals surface area contributed by atoms with Crippen molar-refractivity contribution >= 4 is 7.60 Å². The van der Waals surface area contributed by atoms with Crippen LogP contribution in [0.15, 0.2) is 0 Å². The Balaban J connectivity index is 3.12. The first-order valence-corrected chi connectivity index (χ1v) is 22.5. The minimum Gasteiger partial charge on any atom is -0.378 e. The summed E-state index contributed by atoms with van der Waals surface area (Å²) in [4.78, 5) is 0. The molecule has 0 bridgehead atoms. The fourth-order valence-corrected chi connectivity index (χ4v) is 5.64. The maximum absolute atomic E-state index is 12.3. The third-order valence-corrected chi connectivity index (χ3v) is 8.96. The van der Waals surface area contributed by atoms with Gasteiger partial charge in [-0.1, -0.05) is 5.92 Å². The molecule has 19 nitrogen and oxygen atoms in total. The molecule has 0 radical (unpaired) electrons. The van der Waals surface area contributed by atoms with Crippen molar-refractivity contribution in [1.82, 2.24) is 0 Å². The molecule has 0 aliphatic carbocycles. The highest BCUT2D eigenvalue weighted by Gasteiger charge is 2.22. The zero-order chi connectivity index (χ0) is 42.7. The zero-order valence-corrected chi connectivity index (χ0v) is 36.9. The van der Waals surface area contributed by atoms with Crippen LogP contribution in [0.25, 0.3) is 0 Å². The predicted molar refractivity (Wildman–Crippen MR) is 218 cm³/mol. The Hall–Kier alpha value is -0.930. The Morgan fingerprint density at radius 1 is 0.305 bits per heavy atom. The molecule has 0 heterocycles.